The van der Waals surface area contributed by atoms with Gasteiger partial charge in [-0.15, -0.1) is 0 Å². The molecule has 1 aromatic carbocycles. The minimum atomic E-state index is -0.439. The third-order valence-electron chi connectivity index (χ3n) is 4.77. The van der Waals surface area contributed by atoms with Gasteiger partial charge in [-0.3, -0.25) is 9.59 Å². The van der Waals surface area contributed by atoms with Crippen molar-refractivity contribution in [2.24, 2.45) is 5.92 Å². The highest BCUT2D eigenvalue weighted by atomic mass is 16.5. The Bertz CT molecular complexity index is 889. The normalized spacial score (nSPS) is 16.2. The van der Waals surface area contributed by atoms with Gasteiger partial charge in [0.15, 0.2) is 0 Å². The van der Waals surface area contributed by atoms with Gasteiger partial charge in [0.25, 0.3) is 0 Å². The number of anilines is 3. The number of carbonyl (C=O) groups is 2. The van der Waals surface area contributed by atoms with E-state index in [0.717, 1.165) is 5.69 Å². The zero-order chi connectivity index (χ0) is 20.4. The van der Waals surface area contributed by atoms with Crippen LogP contribution in [0.2, 0.25) is 0 Å². The first-order chi connectivity index (χ1) is 13.3. The van der Waals surface area contributed by atoms with Crippen molar-refractivity contribution in [3.05, 3.63) is 35.7 Å². The summed E-state index contributed by atoms with van der Waals surface area (Å²) in [5.41, 5.74) is 2.71. The Morgan fingerprint density at radius 2 is 1.93 bits per heavy atom. The Hall–Kier alpha value is -3.16. The Morgan fingerprint density at radius 1 is 1.25 bits per heavy atom. The fourth-order valence-corrected chi connectivity index (χ4v) is 3.22. The molecule has 2 heterocycles. The van der Waals surface area contributed by atoms with Crippen LogP contribution in [0.25, 0.3) is 0 Å². The topological polar surface area (TPSA) is 87.7 Å². The lowest BCUT2D eigenvalue weighted by atomic mass is 10.1. The molecule has 8 nitrogen and oxygen atoms in total. The van der Waals surface area contributed by atoms with E-state index in [-0.39, 0.29) is 18.2 Å². The number of hydrogen-bond donors (Lipinski definition) is 1. The average molecular weight is 383 g/mol. The van der Waals surface area contributed by atoms with E-state index in [1.165, 1.54) is 0 Å². The van der Waals surface area contributed by atoms with Gasteiger partial charge in [-0.2, -0.15) is 0 Å². The molecule has 1 fully saturated rings. The first kappa shape index (κ1) is 19.6. The van der Waals surface area contributed by atoms with Gasteiger partial charge < -0.3 is 19.9 Å². The van der Waals surface area contributed by atoms with Gasteiger partial charge in [-0.1, -0.05) is 6.07 Å². The summed E-state index contributed by atoms with van der Waals surface area (Å²) in [6.07, 6.45) is 0.164. The van der Waals surface area contributed by atoms with Crippen LogP contribution < -0.4 is 19.9 Å². The molecule has 0 spiro atoms. The Balaban J connectivity index is 1.75. The summed E-state index contributed by atoms with van der Waals surface area (Å²) in [4.78, 5) is 37.5. The second-order valence-corrected chi connectivity index (χ2v) is 7.06. The van der Waals surface area contributed by atoms with E-state index in [4.69, 9.17) is 4.74 Å². The monoisotopic (exact) mass is 383 g/mol. The van der Waals surface area contributed by atoms with E-state index in [0.29, 0.717) is 35.3 Å². The van der Waals surface area contributed by atoms with Crippen LogP contribution in [-0.4, -0.2) is 49.5 Å². The van der Waals surface area contributed by atoms with Crippen molar-refractivity contribution in [2.45, 2.75) is 20.3 Å². The van der Waals surface area contributed by atoms with Gasteiger partial charge in [0, 0.05) is 38.8 Å². The number of nitrogens with one attached hydrogen (secondary N) is 1. The number of nitrogens with zero attached hydrogens (tertiary/aromatic N) is 4. The van der Waals surface area contributed by atoms with Crippen LogP contribution in [0, 0.1) is 19.8 Å². The summed E-state index contributed by atoms with van der Waals surface area (Å²) in [5, 5.41) is 2.92. The highest BCUT2D eigenvalue weighted by molar-refractivity contribution is 6.03. The lowest BCUT2D eigenvalue weighted by Crippen LogP contribution is -2.28. The zero-order valence-corrected chi connectivity index (χ0v) is 16.8. The van der Waals surface area contributed by atoms with Crippen LogP contribution in [-0.2, 0) is 9.59 Å². The highest BCUT2D eigenvalue weighted by Crippen LogP contribution is 2.29. The second kappa shape index (κ2) is 7.84. The SMILES string of the molecule is COc1cccc(N2CC(C(=O)Nc3c(C)nc(N(C)C)nc3C)CC2=O)c1. The van der Waals surface area contributed by atoms with E-state index >= 15 is 0 Å². The van der Waals surface area contributed by atoms with Gasteiger partial charge in [0.1, 0.15) is 5.75 Å². The summed E-state index contributed by atoms with van der Waals surface area (Å²) in [7, 11) is 5.31. The van der Waals surface area contributed by atoms with E-state index in [1.807, 2.05) is 51.0 Å². The molecule has 0 bridgehead atoms. The van der Waals surface area contributed by atoms with Crippen LogP contribution in [0.3, 0.4) is 0 Å². The summed E-state index contributed by atoms with van der Waals surface area (Å²) >= 11 is 0. The van der Waals surface area contributed by atoms with Crippen molar-refractivity contribution in [3.63, 3.8) is 0 Å². The molecule has 1 saturated heterocycles. The number of rotatable bonds is 5. The number of carbonyl (C=O) groups excluding carboxylic acids is 2. The molecule has 2 amide bonds. The molecule has 0 radical (unpaired) electrons. The summed E-state index contributed by atoms with van der Waals surface area (Å²) in [6, 6.07) is 7.27. The van der Waals surface area contributed by atoms with Crippen molar-refractivity contribution in [2.75, 3.05) is 42.9 Å². The van der Waals surface area contributed by atoms with Crippen molar-refractivity contribution in [1.82, 2.24) is 9.97 Å². The molecule has 2 aromatic rings. The number of aromatic nitrogens is 2. The first-order valence-corrected chi connectivity index (χ1v) is 9.08. The molecular formula is C20H25N5O3. The third-order valence-corrected chi connectivity index (χ3v) is 4.77. The fourth-order valence-electron chi connectivity index (χ4n) is 3.22. The number of methoxy groups -OCH3 is 1. The van der Waals surface area contributed by atoms with Crippen LogP contribution in [0.15, 0.2) is 24.3 Å². The molecule has 1 aliphatic rings. The van der Waals surface area contributed by atoms with Crippen molar-refractivity contribution < 1.29 is 14.3 Å². The molecule has 148 valence electrons. The predicted molar refractivity (Wildman–Crippen MR) is 108 cm³/mol. The summed E-state index contributed by atoms with van der Waals surface area (Å²) in [5.74, 6) is 0.536. The number of aryl methyl sites for hydroxylation is 2. The lowest BCUT2D eigenvalue weighted by Gasteiger charge is -2.18. The molecule has 1 aromatic heterocycles. The fraction of sp³-hybridized carbons (Fsp3) is 0.400. The zero-order valence-electron chi connectivity index (χ0n) is 16.8. The summed E-state index contributed by atoms with van der Waals surface area (Å²) < 4.78 is 5.22. The Kier molecular flexibility index (Phi) is 5.48. The highest BCUT2D eigenvalue weighted by Gasteiger charge is 2.35. The van der Waals surface area contributed by atoms with Crippen molar-refractivity contribution >= 4 is 29.1 Å². The Morgan fingerprint density at radius 3 is 2.54 bits per heavy atom. The number of ether oxygens (including phenoxy) is 1. The average Bonchev–Trinajstić information content (AvgIpc) is 3.06. The van der Waals surface area contributed by atoms with Crippen LogP contribution in [0.1, 0.15) is 17.8 Å². The summed E-state index contributed by atoms with van der Waals surface area (Å²) in [6.45, 7) is 3.99. The number of benzene rings is 1. The molecule has 1 N–H and O–H groups in total. The number of amides is 2. The van der Waals surface area contributed by atoms with Gasteiger partial charge in [0.05, 0.1) is 30.1 Å². The Labute approximate surface area is 164 Å². The molecule has 28 heavy (non-hydrogen) atoms. The molecule has 1 atom stereocenters. The third kappa shape index (κ3) is 3.90. The van der Waals surface area contributed by atoms with E-state index in [2.05, 4.69) is 15.3 Å². The largest absolute Gasteiger partial charge is 0.497 e. The van der Waals surface area contributed by atoms with Crippen LogP contribution >= 0.6 is 0 Å². The maximum Gasteiger partial charge on any atom is 0.229 e. The molecule has 0 aliphatic carbocycles. The molecule has 0 saturated carbocycles. The molecule has 8 heteroatoms. The molecule has 1 unspecified atom stereocenters. The lowest BCUT2D eigenvalue weighted by molar-refractivity contribution is -0.122. The number of hydrogen-bond acceptors (Lipinski definition) is 6. The van der Waals surface area contributed by atoms with Crippen LogP contribution in [0.5, 0.6) is 5.75 Å². The van der Waals surface area contributed by atoms with E-state index < -0.39 is 5.92 Å². The molecule has 3 rings (SSSR count). The van der Waals surface area contributed by atoms with Gasteiger partial charge in [0.2, 0.25) is 17.8 Å². The minimum Gasteiger partial charge on any atom is -0.497 e. The molecular weight excluding hydrogens is 358 g/mol. The maximum absolute atomic E-state index is 12.8. The minimum absolute atomic E-state index is 0.0824. The van der Waals surface area contributed by atoms with Crippen LogP contribution in [0.4, 0.5) is 17.3 Å². The second-order valence-electron chi connectivity index (χ2n) is 7.06. The molecule has 1 aliphatic heterocycles. The van der Waals surface area contributed by atoms with Gasteiger partial charge in [-0.05, 0) is 26.0 Å². The van der Waals surface area contributed by atoms with Crippen molar-refractivity contribution in [1.29, 1.82) is 0 Å². The van der Waals surface area contributed by atoms with E-state index in [9.17, 15) is 9.59 Å². The standard InChI is InChI=1S/C20H25N5O3/c1-12-18(13(2)22-20(21-12)24(3)4)23-19(27)14-9-17(26)25(11-14)15-7-6-8-16(10-15)28-5/h6-8,10,14H,9,11H2,1-5H3,(H,23,27). The van der Waals surface area contributed by atoms with E-state index in [1.54, 1.807) is 18.1 Å². The van der Waals surface area contributed by atoms with Gasteiger partial charge >= 0.3 is 0 Å². The van der Waals surface area contributed by atoms with Gasteiger partial charge in [-0.25, -0.2) is 9.97 Å². The maximum atomic E-state index is 12.8. The first-order valence-electron chi connectivity index (χ1n) is 9.08. The smallest absolute Gasteiger partial charge is 0.229 e. The van der Waals surface area contributed by atoms with Crippen molar-refractivity contribution in [3.8, 4) is 5.75 Å². The quantitative estimate of drug-likeness (QED) is 0.851. The predicted octanol–water partition coefficient (Wildman–Crippen LogP) is 2.16.